The van der Waals surface area contributed by atoms with Gasteiger partial charge in [-0.15, -0.1) is 0 Å². The van der Waals surface area contributed by atoms with Crippen molar-refractivity contribution in [3.8, 4) is 28.2 Å². The third-order valence-corrected chi connectivity index (χ3v) is 11.6. The van der Waals surface area contributed by atoms with Crippen molar-refractivity contribution in [1.82, 2.24) is 13.7 Å². The highest BCUT2D eigenvalue weighted by Crippen LogP contribution is 2.43. The molecule has 3 heterocycles. The zero-order chi connectivity index (χ0) is 36.0. The molecule has 0 amide bonds. The minimum Gasteiger partial charge on any atom is -0.309 e. The van der Waals surface area contributed by atoms with Crippen LogP contribution < -0.4 is 0 Å². The lowest BCUT2D eigenvalue weighted by atomic mass is 10.0. The zero-order valence-corrected chi connectivity index (χ0v) is 29.9. The van der Waals surface area contributed by atoms with Crippen LogP contribution in [0.4, 0.5) is 0 Å². The average molecular weight is 700 g/mol. The molecular formula is C52H33N3. The van der Waals surface area contributed by atoms with Gasteiger partial charge in [-0.2, -0.15) is 0 Å². The highest BCUT2D eigenvalue weighted by atomic mass is 15.0. The number of rotatable bonds is 4. The van der Waals surface area contributed by atoms with Gasteiger partial charge in [-0.25, -0.2) is 0 Å². The van der Waals surface area contributed by atoms with E-state index < -0.39 is 0 Å². The number of hydrogen-bond donors (Lipinski definition) is 0. The number of benzene rings is 9. The Balaban J connectivity index is 1.03. The highest BCUT2D eigenvalue weighted by molar-refractivity contribution is 6.26. The van der Waals surface area contributed by atoms with Crippen LogP contribution in [-0.2, 0) is 0 Å². The van der Waals surface area contributed by atoms with Crippen molar-refractivity contribution in [2.75, 3.05) is 0 Å². The minimum atomic E-state index is 1.14. The summed E-state index contributed by atoms with van der Waals surface area (Å²) in [6, 6.07) is 73.1. The summed E-state index contributed by atoms with van der Waals surface area (Å²) in [5.41, 5.74) is 13.2. The normalized spacial score (nSPS) is 12.0. The van der Waals surface area contributed by atoms with E-state index in [1.807, 2.05) is 0 Å². The van der Waals surface area contributed by atoms with Gasteiger partial charge in [0.1, 0.15) is 0 Å². The van der Waals surface area contributed by atoms with Crippen LogP contribution in [0.5, 0.6) is 0 Å². The van der Waals surface area contributed by atoms with Crippen molar-refractivity contribution in [3.63, 3.8) is 0 Å². The Labute approximate surface area is 317 Å². The second-order valence-electron chi connectivity index (χ2n) is 14.5. The van der Waals surface area contributed by atoms with Crippen LogP contribution in [-0.4, -0.2) is 13.7 Å². The Morgan fingerprint density at radius 1 is 0.255 bits per heavy atom. The summed E-state index contributed by atoms with van der Waals surface area (Å²) in [5.74, 6) is 0. The Morgan fingerprint density at radius 2 is 0.709 bits per heavy atom. The van der Waals surface area contributed by atoms with Gasteiger partial charge in [-0.1, -0.05) is 140 Å². The summed E-state index contributed by atoms with van der Waals surface area (Å²) >= 11 is 0. The molecule has 0 radical (unpaired) electrons. The molecule has 0 atom stereocenters. The molecule has 256 valence electrons. The third-order valence-electron chi connectivity index (χ3n) is 11.6. The molecule has 55 heavy (non-hydrogen) atoms. The van der Waals surface area contributed by atoms with Gasteiger partial charge in [0.15, 0.2) is 0 Å². The second-order valence-corrected chi connectivity index (χ2v) is 14.5. The molecular weight excluding hydrogens is 667 g/mol. The molecule has 12 rings (SSSR count). The number of hydrogen-bond acceptors (Lipinski definition) is 0. The maximum absolute atomic E-state index is 2.47. The molecule has 3 aromatic heterocycles. The van der Waals surface area contributed by atoms with Crippen LogP contribution >= 0.6 is 0 Å². The summed E-state index contributed by atoms with van der Waals surface area (Å²) < 4.78 is 7.31. The topological polar surface area (TPSA) is 14.8 Å². The Bertz CT molecular complexity index is 3410. The molecule has 3 heteroatoms. The lowest BCUT2D eigenvalue weighted by Gasteiger charge is -2.13. The van der Waals surface area contributed by atoms with Gasteiger partial charge in [0, 0.05) is 49.1 Å². The maximum Gasteiger partial charge on any atom is 0.0641 e. The highest BCUT2D eigenvalue weighted by Gasteiger charge is 2.21. The van der Waals surface area contributed by atoms with Gasteiger partial charge in [0.25, 0.3) is 0 Å². The van der Waals surface area contributed by atoms with Gasteiger partial charge in [-0.3, -0.25) is 0 Å². The number of fused-ring (bicyclic) bond motifs is 11. The Morgan fingerprint density at radius 3 is 1.33 bits per heavy atom. The van der Waals surface area contributed by atoms with Crippen molar-refractivity contribution < 1.29 is 0 Å². The largest absolute Gasteiger partial charge is 0.309 e. The molecule has 0 bridgehead atoms. The van der Waals surface area contributed by atoms with Crippen LogP contribution in [0.3, 0.4) is 0 Å². The van der Waals surface area contributed by atoms with Gasteiger partial charge >= 0.3 is 0 Å². The van der Waals surface area contributed by atoms with Crippen molar-refractivity contribution in [1.29, 1.82) is 0 Å². The second kappa shape index (κ2) is 11.6. The molecule has 0 aliphatic heterocycles. The molecule has 0 spiro atoms. The summed E-state index contributed by atoms with van der Waals surface area (Å²) in [5, 5.41) is 10.1. The van der Waals surface area contributed by atoms with Crippen LogP contribution in [0.2, 0.25) is 0 Å². The van der Waals surface area contributed by atoms with E-state index in [0.717, 1.165) is 11.4 Å². The molecule has 0 aliphatic rings. The number of aromatic nitrogens is 3. The summed E-state index contributed by atoms with van der Waals surface area (Å²) in [6.07, 6.45) is 0. The van der Waals surface area contributed by atoms with E-state index in [0.29, 0.717) is 0 Å². The fraction of sp³-hybridized carbons (Fsp3) is 0. The van der Waals surface area contributed by atoms with Crippen LogP contribution in [0.15, 0.2) is 200 Å². The maximum atomic E-state index is 2.47. The molecule has 0 aliphatic carbocycles. The van der Waals surface area contributed by atoms with E-state index in [-0.39, 0.29) is 0 Å². The third kappa shape index (κ3) is 4.32. The molecule has 0 N–H and O–H groups in total. The standard InChI is InChI=1S/C52H33N3/c1-2-14-39-36(12-1)13-11-23-45(39)55-49-22-10-6-18-44(49)51-50(55)33-32-43-42-17-5-9-21-48(42)54(52(43)51)38-30-26-35(27-31-38)34-24-28-37(29-25-34)53-46-19-7-3-15-40(46)41-16-4-8-20-47(41)53/h1-33H. The predicted molar refractivity (Wildman–Crippen MR) is 232 cm³/mol. The SMILES string of the molecule is c1ccc2c(-n3c4ccccc4c4c3ccc3c5ccccc5n(-c5ccc(-c6ccc(-n7c8ccccc8c8ccccc87)cc6)cc5)c34)cccc2c1. The van der Waals surface area contributed by atoms with E-state index in [1.165, 1.54) is 93.0 Å². The van der Waals surface area contributed by atoms with Gasteiger partial charge in [0.05, 0.1) is 38.8 Å². The molecule has 9 aromatic carbocycles. The first kappa shape index (κ1) is 30.1. The van der Waals surface area contributed by atoms with Gasteiger partial charge in [-0.05, 0) is 77.2 Å². The summed E-state index contributed by atoms with van der Waals surface area (Å²) in [4.78, 5) is 0. The molecule has 0 saturated carbocycles. The lowest BCUT2D eigenvalue weighted by Crippen LogP contribution is -1.96. The Hall–Kier alpha value is -7.36. The van der Waals surface area contributed by atoms with Crippen molar-refractivity contribution in [3.05, 3.63) is 200 Å². The monoisotopic (exact) mass is 699 g/mol. The fourth-order valence-electron chi connectivity index (χ4n) is 9.25. The number of nitrogens with zero attached hydrogens (tertiary/aromatic N) is 3. The lowest BCUT2D eigenvalue weighted by molar-refractivity contribution is 1.18. The van der Waals surface area contributed by atoms with E-state index in [4.69, 9.17) is 0 Å². The van der Waals surface area contributed by atoms with Crippen molar-refractivity contribution in [2.45, 2.75) is 0 Å². The van der Waals surface area contributed by atoms with Gasteiger partial charge in [0.2, 0.25) is 0 Å². The van der Waals surface area contributed by atoms with Crippen LogP contribution in [0.25, 0.3) is 104 Å². The minimum absolute atomic E-state index is 1.14. The van der Waals surface area contributed by atoms with E-state index in [9.17, 15) is 0 Å². The first-order chi connectivity index (χ1) is 27.3. The smallest absolute Gasteiger partial charge is 0.0641 e. The first-order valence-electron chi connectivity index (χ1n) is 18.9. The summed E-state index contributed by atoms with van der Waals surface area (Å²) in [7, 11) is 0. The molecule has 0 unspecified atom stereocenters. The van der Waals surface area contributed by atoms with Gasteiger partial charge < -0.3 is 13.7 Å². The fourth-order valence-corrected chi connectivity index (χ4v) is 9.25. The summed E-state index contributed by atoms with van der Waals surface area (Å²) in [6.45, 7) is 0. The molecule has 3 nitrogen and oxygen atoms in total. The Kier molecular flexibility index (Phi) is 6.34. The quantitative estimate of drug-likeness (QED) is 0.174. The van der Waals surface area contributed by atoms with Crippen molar-refractivity contribution in [2.24, 2.45) is 0 Å². The molecule has 0 fully saturated rings. The first-order valence-corrected chi connectivity index (χ1v) is 18.9. The van der Waals surface area contributed by atoms with Crippen LogP contribution in [0, 0.1) is 0 Å². The van der Waals surface area contributed by atoms with Crippen molar-refractivity contribution >= 4 is 76.2 Å². The molecule has 0 saturated heterocycles. The zero-order valence-electron chi connectivity index (χ0n) is 29.9. The average Bonchev–Trinajstić information content (AvgIpc) is 3.89. The van der Waals surface area contributed by atoms with E-state index in [2.05, 4.69) is 214 Å². The van der Waals surface area contributed by atoms with E-state index in [1.54, 1.807) is 0 Å². The number of para-hydroxylation sites is 4. The van der Waals surface area contributed by atoms with Crippen LogP contribution in [0.1, 0.15) is 0 Å². The molecule has 12 aromatic rings. The predicted octanol–water partition coefficient (Wildman–Crippen LogP) is 13.8. The van der Waals surface area contributed by atoms with E-state index >= 15 is 0 Å².